The van der Waals surface area contributed by atoms with Crippen molar-refractivity contribution in [1.29, 1.82) is 0 Å². The van der Waals surface area contributed by atoms with Crippen LogP contribution in [0.15, 0.2) is 0 Å². The number of ether oxygens (including phenoxy) is 1. The Hall–Kier alpha value is -1.14. The number of amides is 2. The number of methoxy groups -OCH3 is 1. The van der Waals surface area contributed by atoms with E-state index in [2.05, 4.69) is 16.0 Å². The quantitative estimate of drug-likeness (QED) is 0.581. The molecule has 1 saturated carbocycles. The number of rotatable bonds is 8. The van der Waals surface area contributed by atoms with Crippen LogP contribution >= 0.6 is 0 Å². The summed E-state index contributed by atoms with van der Waals surface area (Å²) in [4.78, 5) is 24.5. The maximum Gasteiger partial charge on any atom is 0.228 e. The van der Waals surface area contributed by atoms with Gasteiger partial charge in [0.05, 0.1) is 12.0 Å². The Morgan fingerprint density at radius 3 is 2.42 bits per heavy atom. The second-order valence-electron chi connectivity index (χ2n) is 7.28. The second kappa shape index (κ2) is 9.99. The van der Waals surface area contributed by atoms with E-state index in [4.69, 9.17) is 4.74 Å². The van der Waals surface area contributed by atoms with E-state index in [1.165, 1.54) is 32.1 Å². The maximum atomic E-state index is 12.5. The number of piperidine rings is 1. The zero-order valence-electron chi connectivity index (χ0n) is 15.0. The summed E-state index contributed by atoms with van der Waals surface area (Å²) in [7, 11) is 1.64. The number of carbonyl (C=O) groups is 2. The van der Waals surface area contributed by atoms with Gasteiger partial charge in [-0.3, -0.25) is 9.59 Å². The molecule has 0 spiro atoms. The van der Waals surface area contributed by atoms with Crippen molar-refractivity contribution in [3.05, 3.63) is 0 Å². The van der Waals surface area contributed by atoms with Crippen molar-refractivity contribution in [1.82, 2.24) is 16.0 Å². The molecule has 1 aliphatic heterocycles. The third kappa shape index (κ3) is 5.74. The molecule has 24 heavy (non-hydrogen) atoms. The molecule has 2 aliphatic rings. The van der Waals surface area contributed by atoms with Gasteiger partial charge in [-0.25, -0.2) is 0 Å². The fraction of sp³-hybridized carbons (Fsp3) is 0.889. The highest BCUT2D eigenvalue weighted by molar-refractivity contribution is 5.83. The number of hydrogen-bond acceptors (Lipinski definition) is 4. The van der Waals surface area contributed by atoms with Crippen molar-refractivity contribution in [3.63, 3.8) is 0 Å². The molecule has 2 amide bonds. The third-order valence-electron chi connectivity index (χ3n) is 5.39. The van der Waals surface area contributed by atoms with E-state index in [1.54, 1.807) is 7.11 Å². The molecule has 0 bridgehead atoms. The molecule has 0 aromatic heterocycles. The first-order chi connectivity index (χ1) is 11.7. The Morgan fingerprint density at radius 1 is 1.08 bits per heavy atom. The zero-order valence-corrected chi connectivity index (χ0v) is 15.0. The van der Waals surface area contributed by atoms with Crippen molar-refractivity contribution < 1.29 is 14.3 Å². The molecule has 0 unspecified atom stereocenters. The molecule has 0 radical (unpaired) electrons. The Labute approximate surface area is 145 Å². The van der Waals surface area contributed by atoms with E-state index in [1.807, 2.05) is 0 Å². The lowest BCUT2D eigenvalue weighted by atomic mass is 9.78. The van der Waals surface area contributed by atoms with Crippen LogP contribution in [0, 0.1) is 11.3 Å². The van der Waals surface area contributed by atoms with E-state index in [0.717, 1.165) is 25.9 Å². The van der Waals surface area contributed by atoms with Crippen molar-refractivity contribution in [2.24, 2.45) is 11.3 Å². The SMILES string of the molecule is COCC1(C(=O)NCCNC(=O)CC2CCCCC2)CCNCC1. The standard InChI is InChI=1S/C18H33N3O3/c1-24-14-18(7-9-19-10-8-18)17(23)21-12-11-20-16(22)13-15-5-3-2-4-6-15/h15,19H,2-14H2,1H3,(H,20,22)(H,21,23). The largest absolute Gasteiger partial charge is 0.384 e. The first-order valence-electron chi connectivity index (χ1n) is 9.41. The van der Waals surface area contributed by atoms with Crippen LogP contribution in [-0.2, 0) is 14.3 Å². The van der Waals surface area contributed by atoms with Gasteiger partial charge < -0.3 is 20.7 Å². The monoisotopic (exact) mass is 339 g/mol. The molecule has 6 nitrogen and oxygen atoms in total. The average molecular weight is 339 g/mol. The molecular formula is C18H33N3O3. The average Bonchev–Trinajstić information content (AvgIpc) is 2.60. The van der Waals surface area contributed by atoms with Crippen molar-refractivity contribution in [2.45, 2.75) is 51.4 Å². The topological polar surface area (TPSA) is 79.5 Å². The molecule has 138 valence electrons. The molecule has 0 aromatic carbocycles. The smallest absolute Gasteiger partial charge is 0.228 e. The summed E-state index contributed by atoms with van der Waals surface area (Å²) in [6.07, 6.45) is 8.39. The minimum absolute atomic E-state index is 0.0485. The minimum Gasteiger partial charge on any atom is -0.384 e. The highest BCUT2D eigenvalue weighted by atomic mass is 16.5. The van der Waals surface area contributed by atoms with Crippen LogP contribution in [0.1, 0.15) is 51.4 Å². The summed E-state index contributed by atoms with van der Waals surface area (Å²) < 4.78 is 5.28. The number of carbonyl (C=O) groups excluding carboxylic acids is 2. The first kappa shape index (κ1) is 19.2. The lowest BCUT2D eigenvalue weighted by molar-refractivity contribution is -0.136. The van der Waals surface area contributed by atoms with Gasteiger partial charge in [0.2, 0.25) is 11.8 Å². The van der Waals surface area contributed by atoms with Crippen molar-refractivity contribution in [3.8, 4) is 0 Å². The highest BCUT2D eigenvalue weighted by Gasteiger charge is 2.39. The van der Waals surface area contributed by atoms with Crippen LogP contribution in [0.25, 0.3) is 0 Å². The molecule has 0 atom stereocenters. The summed E-state index contributed by atoms with van der Waals surface area (Å²) in [5.41, 5.74) is -0.424. The van der Waals surface area contributed by atoms with Gasteiger partial charge in [-0.15, -0.1) is 0 Å². The second-order valence-corrected chi connectivity index (χ2v) is 7.28. The fourth-order valence-electron chi connectivity index (χ4n) is 3.91. The number of nitrogens with one attached hydrogen (secondary N) is 3. The van der Waals surface area contributed by atoms with Gasteiger partial charge in [-0.05, 0) is 44.7 Å². The molecule has 1 aliphatic carbocycles. The highest BCUT2D eigenvalue weighted by Crippen LogP contribution is 2.29. The van der Waals surface area contributed by atoms with E-state index < -0.39 is 5.41 Å². The van der Waals surface area contributed by atoms with Gasteiger partial charge in [0.15, 0.2) is 0 Å². The zero-order chi connectivity index (χ0) is 17.3. The minimum atomic E-state index is -0.424. The predicted molar refractivity (Wildman–Crippen MR) is 93.6 cm³/mol. The molecule has 1 saturated heterocycles. The van der Waals surface area contributed by atoms with Gasteiger partial charge in [0.25, 0.3) is 0 Å². The van der Waals surface area contributed by atoms with E-state index >= 15 is 0 Å². The van der Waals surface area contributed by atoms with Crippen molar-refractivity contribution in [2.75, 3.05) is 39.9 Å². The molecule has 6 heteroatoms. The molecule has 3 N–H and O–H groups in total. The summed E-state index contributed by atoms with van der Waals surface area (Å²) in [6, 6.07) is 0. The van der Waals surface area contributed by atoms with Gasteiger partial charge in [-0.1, -0.05) is 19.3 Å². The normalized spacial score (nSPS) is 21.2. The first-order valence-corrected chi connectivity index (χ1v) is 9.41. The summed E-state index contributed by atoms with van der Waals surface area (Å²) in [5, 5.41) is 9.19. The predicted octanol–water partition coefficient (Wildman–Crippen LogP) is 1.21. The van der Waals surface area contributed by atoms with Crippen LogP contribution in [0.2, 0.25) is 0 Å². The molecular weight excluding hydrogens is 306 g/mol. The third-order valence-corrected chi connectivity index (χ3v) is 5.39. The molecule has 2 fully saturated rings. The van der Waals surface area contributed by atoms with Crippen LogP contribution in [-0.4, -0.2) is 51.7 Å². The van der Waals surface area contributed by atoms with Crippen LogP contribution in [0.4, 0.5) is 0 Å². The van der Waals surface area contributed by atoms with Gasteiger partial charge in [0, 0.05) is 26.6 Å². The summed E-state index contributed by atoms with van der Waals surface area (Å²) in [6.45, 7) is 3.12. The van der Waals surface area contributed by atoms with E-state index in [0.29, 0.717) is 32.0 Å². The molecule has 0 aromatic rings. The van der Waals surface area contributed by atoms with E-state index in [9.17, 15) is 9.59 Å². The van der Waals surface area contributed by atoms with Gasteiger partial charge in [-0.2, -0.15) is 0 Å². The van der Waals surface area contributed by atoms with E-state index in [-0.39, 0.29) is 11.8 Å². The molecule has 1 heterocycles. The Kier molecular flexibility index (Phi) is 7.99. The van der Waals surface area contributed by atoms with Gasteiger partial charge in [0.1, 0.15) is 0 Å². The Balaban J connectivity index is 1.64. The number of hydrogen-bond donors (Lipinski definition) is 3. The van der Waals surface area contributed by atoms with Crippen LogP contribution in [0.3, 0.4) is 0 Å². The summed E-state index contributed by atoms with van der Waals surface area (Å²) in [5.74, 6) is 0.713. The van der Waals surface area contributed by atoms with Crippen LogP contribution in [0.5, 0.6) is 0 Å². The molecule has 2 rings (SSSR count). The lowest BCUT2D eigenvalue weighted by Gasteiger charge is -2.35. The maximum absolute atomic E-state index is 12.5. The Bertz CT molecular complexity index is 397. The van der Waals surface area contributed by atoms with Crippen molar-refractivity contribution >= 4 is 11.8 Å². The van der Waals surface area contributed by atoms with Crippen LogP contribution < -0.4 is 16.0 Å². The summed E-state index contributed by atoms with van der Waals surface area (Å²) >= 11 is 0. The Morgan fingerprint density at radius 2 is 1.75 bits per heavy atom. The fourth-order valence-corrected chi connectivity index (χ4v) is 3.91. The lowest BCUT2D eigenvalue weighted by Crippen LogP contribution is -2.51. The van der Waals surface area contributed by atoms with Gasteiger partial charge >= 0.3 is 0 Å².